The molecule has 0 amide bonds. The predicted octanol–water partition coefficient (Wildman–Crippen LogP) is 8.29. The molecule has 10 rings (SSSR count). The van der Waals surface area contributed by atoms with Gasteiger partial charge in [-0.1, -0.05) is 74.5 Å². The van der Waals surface area contributed by atoms with Gasteiger partial charge in [0, 0.05) is 45.8 Å². The second-order valence-corrected chi connectivity index (χ2v) is 18.9. The van der Waals surface area contributed by atoms with E-state index < -0.39 is 16.1 Å². The Bertz CT molecular complexity index is 3170. The molecule has 8 nitrogen and oxygen atoms in total. The van der Waals surface area contributed by atoms with Crippen LogP contribution in [0.5, 0.6) is 11.5 Å². The van der Waals surface area contributed by atoms with Gasteiger partial charge in [0.25, 0.3) is 10.1 Å². The van der Waals surface area contributed by atoms with Crippen molar-refractivity contribution in [3.63, 3.8) is 0 Å². The van der Waals surface area contributed by atoms with Crippen LogP contribution in [0.3, 0.4) is 0 Å². The fraction of sp³-hybridized carbons (Fsp3) is 0.250. The quantitative estimate of drug-likeness (QED) is 0.0954. The predicted molar refractivity (Wildman–Crippen MR) is 228 cm³/mol. The van der Waals surface area contributed by atoms with E-state index in [0.29, 0.717) is 26.1 Å². The van der Waals surface area contributed by atoms with E-state index in [-0.39, 0.29) is 22.1 Å². The lowest BCUT2D eigenvalue weighted by atomic mass is 9.80. The van der Waals surface area contributed by atoms with Crippen molar-refractivity contribution in [2.45, 2.75) is 51.5 Å². The van der Waals surface area contributed by atoms with Crippen molar-refractivity contribution in [3.8, 4) is 11.5 Å². The Labute approximate surface area is 330 Å². The third-order valence-corrected chi connectivity index (χ3v) is 13.1. The Morgan fingerprint density at radius 1 is 0.772 bits per heavy atom. The first kappa shape index (κ1) is 35.6. The lowest BCUT2D eigenvalue weighted by Gasteiger charge is -2.28. The highest BCUT2D eigenvalue weighted by Crippen LogP contribution is 2.55. The van der Waals surface area contributed by atoms with Crippen LogP contribution in [-0.2, 0) is 27.5 Å². The smallest absolute Gasteiger partial charge is 0.335 e. The molecular weight excluding hydrogens is 733 g/mol. The van der Waals surface area contributed by atoms with Crippen LogP contribution >= 0.6 is 0 Å². The molecule has 3 aliphatic rings. The number of anilines is 1. The lowest BCUT2D eigenvalue weighted by Crippen LogP contribution is -2.30. The molecule has 3 heterocycles. The first-order valence-corrected chi connectivity index (χ1v) is 21.1. The molecule has 0 unspecified atom stereocenters. The minimum Gasteiger partial charge on any atom is -0.478 e. The van der Waals surface area contributed by atoms with Crippen molar-refractivity contribution in [2.75, 3.05) is 30.3 Å². The third-order valence-electron chi connectivity index (χ3n) is 12.3. The molecule has 286 valence electrons. The molecule has 0 spiro atoms. The molecule has 0 fully saturated rings. The molecule has 0 saturated carbocycles. The molecule has 0 saturated heterocycles. The van der Waals surface area contributed by atoms with E-state index in [1.54, 1.807) is 12.1 Å². The van der Waals surface area contributed by atoms with E-state index in [1.807, 2.05) is 12.1 Å². The third kappa shape index (κ3) is 5.70. The van der Waals surface area contributed by atoms with E-state index in [4.69, 9.17) is 4.74 Å². The minimum absolute atomic E-state index is 0.266. The monoisotopic (exact) mass is 775 g/mol. The molecule has 2 N–H and O–H groups in total. The molecule has 0 aliphatic carbocycles. The van der Waals surface area contributed by atoms with Gasteiger partial charge in [-0.3, -0.25) is 4.55 Å². The number of benzene rings is 7. The summed E-state index contributed by atoms with van der Waals surface area (Å²) < 4.78 is 43.2. The zero-order valence-corrected chi connectivity index (χ0v) is 33.2. The Kier molecular flexibility index (Phi) is 7.73. The Morgan fingerprint density at radius 2 is 1.37 bits per heavy atom. The highest BCUT2D eigenvalue weighted by Gasteiger charge is 2.45. The molecule has 9 heteroatoms. The normalized spacial score (nSPS) is 16.4. The standard InChI is InChI=1S/C48H42N2O6S/c1-47(2)26-49(18-9-19-57(53,54)55)42-36-22-32-12-7-5-10-30(32)20-34(36)38-24-39-35-21-31-11-6-8-13-33(31)23-37(35)43-41(45(39)56-44(38)40(42)47)48(3,4)27-50(43)25-28-14-16-29(17-15-28)46(51)52/h5-8,10-17,20-24H,9,18-19,25-27H2,1-4H3,(H-,51,52,53,54,55)/p+1. The SMILES string of the molecule is CC1(C)CN(CCCS(=O)(=O)O)c2c1c1c(c3cc4ccccc4cc23)C=c2c(c3c(c4cc5ccccc5cc24)=[N+](Cc2ccc(C(=O)O)cc2)CC3(C)C)O1. The van der Waals surface area contributed by atoms with Gasteiger partial charge in [-0.2, -0.15) is 8.42 Å². The number of hydrogen-bond acceptors (Lipinski definition) is 5. The average molecular weight is 776 g/mol. The van der Waals surface area contributed by atoms with E-state index in [0.717, 1.165) is 99.7 Å². The summed E-state index contributed by atoms with van der Waals surface area (Å²) in [4.78, 5) is 14.0. The highest BCUT2D eigenvalue weighted by atomic mass is 32.2. The lowest BCUT2D eigenvalue weighted by molar-refractivity contribution is 0.0696. The summed E-state index contributed by atoms with van der Waals surface area (Å²) in [6.07, 6.45) is 2.65. The van der Waals surface area contributed by atoms with Crippen molar-refractivity contribution < 1.29 is 27.6 Å². The van der Waals surface area contributed by atoms with Crippen molar-refractivity contribution in [3.05, 3.63) is 135 Å². The van der Waals surface area contributed by atoms with Gasteiger partial charge in [0.2, 0.25) is 5.36 Å². The minimum atomic E-state index is -4.10. The van der Waals surface area contributed by atoms with Crippen LogP contribution in [-0.4, -0.2) is 49.4 Å². The second-order valence-electron chi connectivity index (χ2n) is 17.4. The largest absolute Gasteiger partial charge is 0.478 e. The van der Waals surface area contributed by atoms with Gasteiger partial charge in [-0.05, 0) is 95.1 Å². The molecule has 0 radical (unpaired) electrons. The summed E-state index contributed by atoms with van der Waals surface area (Å²) in [5.41, 5.74) is 4.99. The van der Waals surface area contributed by atoms with E-state index in [1.165, 1.54) is 0 Å². The fourth-order valence-electron chi connectivity index (χ4n) is 9.98. The Balaban J connectivity index is 1.30. The maximum atomic E-state index is 11.8. The molecule has 7 aromatic rings. The van der Waals surface area contributed by atoms with E-state index in [2.05, 4.69) is 116 Å². The van der Waals surface area contributed by atoms with Crippen molar-refractivity contribution >= 4 is 70.9 Å². The number of fused-ring (bicyclic) bond motifs is 14. The van der Waals surface area contributed by atoms with Crippen LogP contribution in [0.15, 0.2) is 97.1 Å². The van der Waals surface area contributed by atoms with Gasteiger partial charge in [0.05, 0.1) is 33.4 Å². The number of carboxylic acid groups (broad SMARTS) is 1. The maximum Gasteiger partial charge on any atom is 0.335 e. The zero-order chi connectivity index (χ0) is 39.6. The summed E-state index contributed by atoms with van der Waals surface area (Å²) >= 11 is 0. The van der Waals surface area contributed by atoms with Crippen LogP contribution in [0.25, 0.3) is 49.2 Å². The van der Waals surface area contributed by atoms with Gasteiger partial charge < -0.3 is 14.7 Å². The Morgan fingerprint density at radius 3 is 1.98 bits per heavy atom. The van der Waals surface area contributed by atoms with Crippen molar-refractivity contribution in [1.82, 2.24) is 4.58 Å². The molecule has 7 aromatic carbocycles. The second kappa shape index (κ2) is 12.4. The summed E-state index contributed by atoms with van der Waals surface area (Å²) in [6, 6.07) is 33.2. The van der Waals surface area contributed by atoms with Crippen molar-refractivity contribution in [2.24, 2.45) is 0 Å². The van der Waals surface area contributed by atoms with Crippen LogP contribution in [0.1, 0.15) is 66.7 Å². The molecular formula is C48H43N2O6S+. The molecule has 3 aliphatic heterocycles. The Hall–Kier alpha value is -5.77. The number of rotatable bonds is 7. The van der Waals surface area contributed by atoms with Crippen molar-refractivity contribution in [1.29, 1.82) is 0 Å². The number of aromatic carboxylic acids is 1. The number of carbonyl (C=O) groups is 1. The number of hydrogen-bond donors (Lipinski definition) is 2. The summed E-state index contributed by atoms with van der Waals surface area (Å²) in [6.45, 7) is 11.5. The molecule has 0 atom stereocenters. The number of nitrogens with zero attached hydrogens (tertiary/aromatic N) is 2. The van der Waals surface area contributed by atoms with Gasteiger partial charge in [-0.25, -0.2) is 9.37 Å². The van der Waals surface area contributed by atoms with Crippen LogP contribution in [0.4, 0.5) is 5.69 Å². The average Bonchev–Trinajstić information content (AvgIpc) is 3.60. The van der Waals surface area contributed by atoms with Gasteiger partial charge in [0.15, 0.2) is 13.1 Å². The molecule has 0 bridgehead atoms. The van der Waals surface area contributed by atoms with Crippen LogP contribution in [0, 0.1) is 0 Å². The summed E-state index contributed by atoms with van der Waals surface area (Å²) in [5, 5.41) is 20.7. The number of ether oxygens (including phenoxy) is 1. The van der Waals surface area contributed by atoms with E-state index in [9.17, 15) is 22.9 Å². The first-order chi connectivity index (χ1) is 27.2. The van der Waals surface area contributed by atoms with Gasteiger partial charge >= 0.3 is 5.97 Å². The molecule has 57 heavy (non-hydrogen) atoms. The van der Waals surface area contributed by atoms with Gasteiger partial charge in [0.1, 0.15) is 11.5 Å². The summed E-state index contributed by atoms with van der Waals surface area (Å²) in [5.74, 6) is 0.455. The first-order valence-electron chi connectivity index (χ1n) is 19.5. The van der Waals surface area contributed by atoms with E-state index >= 15 is 0 Å². The zero-order valence-electron chi connectivity index (χ0n) is 32.4. The van der Waals surface area contributed by atoms with Crippen LogP contribution in [0.2, 0.25) is 0 Å². The number of carboxylic acids is 1. The maximum absolute atomic E-state index is 11.8. The topological polar surface area (TPSA) is 107 Å². The highest BCUT2D eigenvalue weighted by molar-refractivity contribution is 7.85. The fourth-order valence-corrected chi connectivity index (χ4v) is 10.5. The van der Waals surface area contributed by atoms with Gasteiger partial charge in [-0.15, -0.1) is 0 Å². The molecule has 0 aromatic heterocycles. The van der Waals surface area contributed by atoms with Crippen LogP contribution < -0.4 is 24.8 Å². The summed E-state index contributed by atoms with van der Waals surface area (Å²) in [7, 11) is -4.10.